The highest BCUT2D eigenvalue weighted by Crippen LogP contribution is 2.32. The molecule has 1 unspecified atom stereocenters. The summed E-state index contributed by atoms with van der Waals surface area (Å²) in [5.74, 6) is -0.0254. The normalized spacial score (nSPS) is 20.5. The first-order chi connectivity index (χ1) is 10.6. The standard InChI is InChI=1S/C14H15BrN2O5/c15-11-4-10-8(7-21-13(10)19)3-12(11)22-14(20)17-2-1-16-9(5-17)6-18/h3-4,9,16,18H,1-2,5-7H2. The number of benzene rings is 1. The molecule has 1 saturated heterocycles. The van der Waals surface area contributed by atoms with Crippen molar-refractivity contribution in [2.75, 3.05) is 26.2 Å². The van der Waals surface area contributed by atoms with E-state index in [0.29, 0.717) is 41.0 Å². The number of halogens is 1. The Labute approximate surface area is 135 Å². The monoisotopic (exact) mass is 370 g/mol. The van der Waals surface area contributed by atoms with Crippen LogP contribution in [0.4, 0.5) is 4.79 Å². The minimum Gasteiger partial charge on any atom is -0.457 e. The maximum atomic E-state index is 12.2. The lowest BCUT2D eigenvalue weighted by atomic mass is 10.1. The van der Waals surface area contributed by atoms with Gasteiger partial charge in [-0.05, 0) is 28.1 Å². The zero-order valence-electron chi connectivity index (χ0n) is 11.7. The number of rotatable bonds is 2. The molecule has 1 amide bonds. The number of aliphatic hydroxyl groups is 1. The summed E-state index contributed by atoms with van der Waals surface area (Å²) in [6, 6.07) is 3.09. The molecule has 1 aromatic rings. The second-order valence-corrected chi connectivity index (χ2v) is 6.02. The molecule has 2 N–H and O–H groups in total. The number of ether oxygens (including phenoxy) is 2. The molecule has 0 aromatic heterocycles. The van der Waals surface area contributed by atoms with Gasteiger partial charge in [-0.3, -0.25) is 0 Å². The van der Waals surface area contributed by atoms with Crippen LogP contribution >= 0.6 is 15.9 Å². The summed E-state index contributed by atoms with van der Waals surface area (Å²) in [7, 11) is 0. The molecule has 0 bridgehead atoms. The number of piperazine rings is 1. The van der Waals surface area contributed by atoms with Crippen molar-refractivity contribution in [3.8, 4) is 5.75 Å². The minimum atomic E-state index is -0.481. The van der Waals surface area contributed by atoms with Gasteiger partial charge in [-0.15, -0.1) is 0 Å². The Balaban J connectivity index is 1.73. The van der Waals surface area contributed by atoms with E-state index >= 15 is 0 Å². The van der Waals surface area contributed by atoms with E-state index in [-0.39, 0.29) is 25.2 Å². The molecule has 1 aromatic carbocycles. The van der Waals surface area contributed by atoms with Gasteiger partial charge in [-0.2, -0.15) is 0 Å². The number of amides is 1. The predicted octanol–water partition coefficient (Wildman–Crippen LogP) is 0.884. The first-order valence-corrected chi connectivity index (χ1v) is 7.68. The quantitative estimate of drug-likeness (QED) is 0.751. The zero-order chi connectivity index (χ0) is 15.7. The van der Waals surface area contributed by atoms with Crippen molar-refractivity contribution in [1.29, 1.82) is 0 Å². The maximum Gasteiger partial charge on any atom is 0.415 e. The Kier molecular flexibility index (Phi) is 4.32. The molecule has 2 aliphatic heterocycles. The summed E-state index contributed by atoms with van der Waals surface area (Å²) in [6.45, 7) is 1.66. The molecule has 0 spiro atoms. The Morgan fingerprint density at radius 1 is 1.55 bits per heavy atom. The Morgan fingerprint density at radius 2 is 2.36 bits per heavy atom. The van der Waals surface area contributed by atoms with Gasteiger partial charge in [0.2, 0.25) is 0 Å². The van der Waals surface area contributed by atoms with Crippen LogP contribution in [0.1, 0.15) is 15.9 Å². The van der Waals surface area contributed by atoms with E-state index in [1.165, 1.54) is 0 Å². The predicted molar refractivity (Wildman–Crippen MR) is 79.7 cm³/mol. The number of cyclic esters (lactones) is 1. The SMILES string of the molecule is O=C1OCc2cc(OC(=O)N3CCNC(CO)C3)c(Br)cc21. The third-order valence-electron chi connectivity index (χ3n) is 3.67. The largest absolute Gasteiger partial charge is 0.457 e. The van der Waals surface area contributed by atoms with Gasteiger partial charge in [0.1, 0.15) is 12.4 Å². The minimum absolute atomic E-state index is 0.0359. The smallest absolute Gasteiger partial charge is 0.415 e. The molecule has 1 fully saturated rings. The van der Waals surface area contributed by atoms with Crippen molar-refractivity contribution in [1.82, 2.24) is 10.2 Å². The van der Waals surface area contributed by atoms with Crippen LogP contribution in [0.25, 0.3) is 0 Å². The van der Waals surface area contributed by atoms with E-state index < -0.39 is 6.09 Å². The fourth-order valence-corrected chi connectivity index (χ4v) is 2.90. The van der Waals surface area contributed by atoms with Crippen LogP contribution in [-0.4, -0.2) is 54.4 Å². The highest BCUT2D eigenvalue weighted by atomic mass is 79.9. The van der Waals surface area contributed by atoms with Crippen LogP contribution in [0.3, 0.4) is 0 Å². The number of carbonyl (C=O) groups excluding carboxylic acids is 2. The molecule has 0 saturated carbocycles. The number of hydrogen-bond acceptors (Lipinski definition) is 6. The van der Waals surface area contributed by atoms with E-state index in [9.17, 15) is 9.59 Å². The first-order valence-electron chi connectivity index (χ1n) is 6.89. The second-order valence-electron chi connectivity index (χ2n) is 5.16. The Morgan fingerprint density at radius 3 is 3.14 bits per heavy atom. The van der Waals surface area contributed by atoms with Crippen molar-refractivity contribution in [3.05, 3.63) is 27.7 Å². The number of carbonyl (C=O) groups is 2. The molecule has 0 radical (unpaired) electrons. The average Bonchev–Trinajstić information content (AvgIpc) is 2.88. The van der Waals surface area contributed by atoms with E-state index in [2.05, 4.69) is 21.2 Å². The van der Waals surface area contributed by atoms with Crippen molar-refractivity contribution in [3.63, 3.8) is 0 Å². The number of nitrogens with zero attached hydrogens (tertiary/aromatic N) is 1. The maximum absolute atomic E-state index is 12.2. The van der Waals surface area contributed by atoms with E-state index in [4.69, 9.17) is 14.6 Å². The molecule has 8 heteroatoms. The van der Waals surface area contributed by atoms with Gasteiger partial charge in [-0.1, -0.05) is 0 Å². The van der Waals surface area contributed by atoms with Gasteiger partial charge in [0.05, 0.1) is 16.6 Å². The van der Waals surface area contributed by atoms with Crippen LogP contribution in [0.15, 0.2) is 16.6 Å². The molecule has 2 heterocycles. The van der Waals surface area contributed by atoms with Crippen LogP contribution < -0.4 is 10.1 Å². The van der Waals surface area contributed by atoms with Gasteiger partial charge >= 0.3 is 12.1 Å². The molecule has 7 nitrogen and oxygen atoms in total. The molecular formula is C14H15BrN2O5. The lowest BCUT2D eigenvalue weighted by Crippen LogP contribution is -2.54. The number of esters is 1. The second kappa shape index (κ2) is 6.23. The van der Waals surface area contributed by atoms with Crippen molar-refractivity contribution in [2.24, 2.45) is 0 Å². The van der Waals surface area contributed by atoms with Crippen molar-refractivity contribution >= 4 is 28.0 Å². The lowest BCUT2D eigenvalue weighted by Gasteiger charge is -2.32. The highest BCUT2D eigenvalue weighted by molar-refractivity contribution is 9.10. The summed E-state index contributed by atoms with van der Waals surface area (Å²) in [5.41, 5.74) is 1.18. The highest BCUT2D eigenvalue weighted by Gasteiger charge is 2.27. The van der Waals surface area contributed by atoms with Crippen LogP contribution in [-0.2, 0) is 11.3 Å². The van der Waals surface area contributed by atoms with Gasteiger partial charge < -0.3 is 24.8 Å². The molecule has 0 aliphatic carbocycles. The first kappa shape index (κ1) is 15.3. The summed E-state index contributed by atoms with van der Waals surface area (Å²) in [5, 5.41) is 12.3. The Bertz CT molecular complexity index is 621. The van der Waals surface area contributed by atoms with Crippen LogP contribution in [0.5, 0.6) is 5.75 Å². The number of nitrogens with one attached hydrogen (secondary N) is 1. The van der Waals surface area contributed by atoms with Gasteiger partial charge in [0, 0.05) is 31.2 Å². The molecule has 2 aliphatic rings. The third-order valence-corrected chi connectivity index (χ3v) is 4.29. The van der Waals surface area contributed by atoms with E-state index in [0.717, 1.165) is 0 Å². The topological polar surface area (TPSA) is 88.1 Å². The summed E-state index contributed by atoms with van der Waals surface area (Å²) in [6.07, 6.45) is -0.481. The Hall–Kier alpha value is -1.64. The van der Waals surface area contributed by atoms with E-state index in [1.807, 2.05) is 0 Å². The molecule has 1 atom stereocenters. The fraction of sp³-hybridized carbons (Fsp3) is 0.429. The molecular weight excluding hydrogens is 356 g/mol. The van der Waals surface area contributed by atoms with Crippen LogP contribution in [0, 0.1) is 0 Å². The third kappa shape index (κ3) is 2.94. The zero-order valence-corrected chi connectivity index (χ0v) is 13.3. The summed E-state index contributed by atoms with van der Waals surface area (Å²) in [4.78, 5) is 25.2. The molecule has 22 heavy (non-hydrogen) atoms. The molecule has 118 valence electrons. The summed E-state index contributed by atoms with van der Waals surface area (Å²) < 4.78 is 10.9. The van der Waals surface area contributed by atoms with Crippen LogP contribution in [0.2, 0.25) is 0 Å². The summed E-state index contributed by atoms with van der Waals surface area (Å²) >= 11 is 3.30. The fourth-order valence-electron chi connectivity index (χ4n) is 2.48. The average molecular weight is 371 g/mol. The number of aliphatic hydroxyl groups excluding tert-OH is 1. The number of hydrogen-bond donors (Lipinski definition) is 2. The van der Waals surface area contributed by atoms with Crippen molar-refractivity contribution < 1.29 is 24.2 Å². The lowest BCUT2D eigenvalue weighted by molar-refractivity contribution is 0.0535. The van der Waals surface area contributed by atoms with Gasteiger partial charge in [0.15, 0.2) is 0 Å². The van der Waals surface area contributed by atoms with Crippen molar-refractivity contribution in [2.45, 2.75) is 12.6 Å². The number of fused-ring (bicyclic) bond motifs is 1. The van der Waals surface area contributed by atoms with Gasteiger partial charge in [0.25, 0.3) is 0 Å². The molecule has 3 rings (SSSR count). The van der Waals surface area contributed by atoms with Gasteiger partial charge in [-0.25, -0.2) is 9.59 Å². The van der Waals surface area contributed by atoms with E-state index in [1.54, 1.807) is 17.0 Å².